The first-order valence-electron chi connectivity index (χ1n) is 12.0. The Morgan fingerprint density at radius 2 is 1.78 bits per heavy atom. The fraction of sp³-hybridized carbons (Fsp3) is 0.500. The molecule has 0 radical (unpaired) electrons. The number of rotatable bonds is 13. The average molecular weight is 501 g/mol. The molecule has 0 aliphatic carbocycles. The predicted octanol–water partition coefficient (Wildman–Crippen LogP) is 1.63. The van der Waals surface area contributed by atoms with Crippen LogP contribution in [0.3, 0.4) is 0 Å². The number of aryl methyl sites for hydroxylation is 2. The van der Waals surface area contributed by atoms with Gasteiger partial charge in [-0.15, -0.1) is 4.73 Å². The fourth-order valence-corrected chi connectivity index (χ4v) is 3.49. The summed E-state index contributed by atoms with van der Waals surface area (Å²) in [5, 5.41) is 5.40. The number of amides is 2. The SMILES string of the molecule is COC(=O)CCNC(=O)[C@H](CC(C)C)NC(=O)CCc1nc(C)c(C)n(OCc2ccccc2)c1=O. The Balaban J connectivity index is 2.03. The zero-order chi connectivity index (χ0) is 26.7. The second kappa shape index (κ2) is 14.0. The van der Waals surface area contributed by atoms with E-state index in [-0.39, 0.29) is 55.8 Å². The standard InChI is InChI=1S/C26H36N4O6/c1-17(2)15-22(25(33)27-14-13-24(32)35-5)29-23(31)12-11-21-26(34)30(19(4)18(3)28-21)36-16-20-9-7-6-8-10-20/h6-10,17,22H,11-16H2,1-5H3,(H,27,33)(H,29,31)/t22-/m0/s1. The number of esters is 1. The monoisotopic (exact) mass is 500 g/mol. The van der Waals surface area contributed by atoms with Crippen LogP contribution < -0.4 is 21.0 Å². The van der Waals surface area contributed by atoms with Crippen LogP contribution in [0.4, 0.5) is 0 Å². The lowest BCUT2D eigenvalue weighted by molar-refractivity contribution is -0.140. The topological polar surface area (TPSA) is 129 Å². The van der Waals surface area contributed by atoms with Crippen molar-refractivity contribution in [2.45, 2.75) is 66.0 Å². The van der Waals surface area contributed by atoms with E-state index in [0.29, 0.717) is 17.8 Å². The van der Waals surface area contributed by atoms with Crippen molar-refractivity contribution in [3.63, 3.8) is 0 Å². The van der Waals surface area contributed by atoms with Gasteiger partial charge in [0, 0.05) is 19.4 Å². The first kappa shape index (κ1) is 28.5. The average Bonchev–Trinajstić information content (AvgIpc) is 2.85. The summed E-state index contributed by atoms with van der Waals surface area (Å²) in [6, 6.07) is 8.73. The van der Waals surface area contributed by atoms with Gasteiger partial charge in [-0.3, -0.25) is 24.2 Å². The van der Waals surface area contributed by atoms with Crippen molar-refractivity contribution in [2.75, 3.05) is 13.7 Å². The number of hydrogen-bond acceptors (Lipinski definition) is 7. The molecule has 10 nitrogen and oxygen atoms in total. The van der Waals surface area contributed by atoms with Crippen LogP contribution in [0.5, 0.6) is 0 Å². The first-order valence-corrected chi connectivity index (χ1v) is 12.0. The number of methoxy groups -OCH3 is 1. The molecular weight excluding hydrogens is 464 g/mol. The molecule has 0 fully saturated rings. The van der Waals surface area contributed by atoms with E-state index >= 15 is 0 Å². The molecule has 0 aliphatic rings. The lowest BCUT2D eigenvalue weighted by atomic mass is 10.0. The molecule has 0 aliphatic heterocycles. The van der Waals surface area contributed by atoms with Gasteiger partial charge in [-0.25, -0.2) is 0 Å². The third kappa shape index (κ3) is 8.83. The molecule has 0 saturated heterocycles. The summed E-state index contributed by atoms with van der Waals surface area (Å²) in [5.74, 6) is -1.03. The van der Waals surface area contributed by atoms with Gasteiger partial charge >= 0.3 is 11.5 Å². The highest BCUT2D eigenvalue weighted by Crippen LogP contribution is 2.08. The largest absolute Gasteiger partial charge is 0.469 e. The van der Waals surface area contributed by atoms with Gasteiger partial charge in [0.2, 0.25) is 11.8 Å². The van der Waals surface area contributed by atoms with Crippen molar-refractivity contribution >= 4 is 17.8 Å². The molecule has 0 saturated carbocycles. The van der Waals surface area contributed by atoms with Gasteiger partial charge in [0.25, 0.3) is 0 Å². The van der Waals surface area contributed by atoms with Crippen LogP contribution in [-0.4, -0.2) is 47.2 Å². The minimum Gasteiger partial charge on any atom is -0.469 e. The van der Waals surface area contributed by atoms with Gasteiger partial charge < -0.3 is 20.2 Å². The lowest BCUT2D eigenvalue weighted by Crippen LogP contribution is -2.48. The van der Waals surface area contributed by atoms with Gasteiger partial charge in [-0.2, -0.15) is 0 Å². The van der Waals surface area contributed by atoms with E-state index in [4.69, 9.17) is 4.84 Å². The Kier molecular flexibility index (Phi) is 11.1. The van der Waals surface area contributed by atoms with E-state index in [1.807, 2.05) is 44.2 Å². The van der Waals surface area contributed by atoms with E-state index in [0.717, 1.165) is 5.56 Å². The summed E-state index contributed by atoms with van der Waals surface area (Å²) in [7, 11) is 1.28. The molecular formula is C26H36N4O6. The van der Waals surface area contributed by atoms with Crippen molar-refractivity contribution in [1.29, 1.82) is 0 Å². The fourth-order valence-electron chi connectivity index (χ4n) is 3.49. The van der Waals surface area contributed by atoms with E-state index in [1.165, 1.54) is 11.8 Å². The van der Waals surface area contributed by atoms with Crippen LogP contribution in [0, 0.1) is 19.8 Å². The first-order chi connectivity index (χ1) is 17.1. The van der Waals surface area contributed by atoms with Crippen molar-refractivity contribution < 1.29 is 24.0 Å². The Morgan fingerprint density at radius 3 is 2.42 bits per heavy atom. The molecule has 196 valence electrons. The number of carbonyl (C=O) groups excluding carboxylic acids is 3. The van der Waals surface area contributed by atoms with Gasteiger partial charge in [0.1, 0.15) is 18.3 Å². The normalized spacial score (nSPS) is 11.6. The van der Waals surface area contributed by atoms with Gasteiger partial charge in [-0.1, -0.05) is 44.2 Å². The quantitative estimate of drug-likeness (QED) is 0.400. The molecule has 2 rings (SSSR count). The number of carbonyl (C=O) groups is 3. The lowest BCUT2D eigenvalue weighted by Gasteiger charge is -2.20. The van der Waals surface area contributed by atoms with Crippen LogP contribution in [0.25, 0.3) is 0 Å². The number of ether oxygens (including phenoxy) is 1. The smallest absolute Gasteiger partial charge is 0.307 e. The summed E-state index contributed by atoms with van der Waals surface area (Å²) in [5.41, 5.74) is 1.93. The van der Waals surface area contributed by atoms with E-state index in [1.54, 1.807) is 13.8 Å². The van der Waals surface area contributed by atoms with Crippen molar-refractivity contribution in [3.05, 3.63) is 63.3 Å². The molecule has 1 aromatic heterocycles. The van der Waals surface area contributed by atoms with Crippen molar-refractivity contribution in [1.82, 2.24) is 20.3 Å². The molecule has 2 aromatic rings. The molecule has 2 amide bonds. The second-order valence-electron chi connectivity index (χ2n) is 8.95. The third-order valence-electron chi connectivity index (χ3n) is 5.57. The molecule has 1 heterocycles. The molecule has 0 bridgehead atoms. The summed E-state index contributed by atoms with van der Waals surface area (Å²) in [4.78, 5) is 59.6. The molecule has 1 atom stereocenters. The Morgan fingerprint density at radius 1 is 1.08 bits per heavy atom. The summed E-state index contributed by atoms with van der Waals surface area (Å²) < 4.78 is 5.79. The summed E-state index contributed by atoms with van der Waals surface area (Å²) >= 11 is 0. The molecule has 0 unspecified atom stereocenters. The van der Waals surface area contributed by atoms with Crippen molar-refractivity contribution in [2.24, 2.45) is 5.92 Å². The number of nitrogens with zero attached hydrogens (tertiary/aromatic N) is 2. The zero-order valence-corrected chi connectivity index (χ0v) is 21.6. The van der Waals surface area contributed by atoms with E-state index in [9.17, 15) is 19.2 Å². The minimum absolute atomic E-state index is 0.0204. The Hall–Kier alpha value is -3.69. The van der Waals surface area contributed by atoms with Crippen LogP contribution in [0.15, 0.2) is 35.1 Å². The number of hydrogen-bond donors (Lipinski definition) is 2. The molecule has 36 heavy (non-hydrogen) atoms. The number of aromatic nitrogens is 2. The maximum atomic E-state index is 13.0. The molecule has 10 heteroatoms. The summed E-state index contributed by atoms with van der Waals surface area (Å²) in [6.07, 6.45) is 0.547. The van der Waals surface area contributed by atoms with Crippen molar-refractivity contribution in [3.8, 4) is 0 Å². The Bertz CT molecular complexity index is 1100. The van der Waals surface area contributed by atoms with Crippen LogP contribution in [-0.2, 0) is 32.1 Å². The molecule has 1 aromatic carbocycles. The highest BCUT2D eigenvalue weighted by Gasteiger charge is 2.22. The second-order valence-corrected chi connectivity index (χ2v) is 8.95. The molecule has 0 spiro atoms. The van der Waals surface area contributed by atoms with Crippen LogP contribution >= 0.6 is 0 Å². The van der Waals surface area contributed by atoms with Gasteiger partial charge in [-0.05, 0) is 31.7 Å². The maximum absolute atomic E-state index is 13.0. The Labute approximate surface area is 211 Å². The third-order valence-corrected chi connectivity index (χ3v) is 5.57. The summed E-state index contributed by atoms with van der Waals surface area (Å²) in [6.45, 7) is 7.74. The highest BCUT2D eigenvalue weighted by molar-refractivity contribution is 5.87. The van der Waals surface area contributed by atoms with Crippen LogP contribution in [0.2, 0.25) is 0 Å². The van der Waals surface area contributed by atoms with Gasteiger partial charge in [0.05, 0.1) is 24.9 Å². The number of benzene rings is 1. The minimum atomic E-state index is -0.756. The van der Waals surface area contributed by atoms with E-state index < -0.39 is 17.6 Å². The van der Waals surface area contributed by atoms with E-state index in [2.05, 4.69) is 20.4 Å². The van der Waals surface area contributed by atoms with Gasteiger partial charge in [0.15, 0.2) is 0 Å². The maximum Gasteiger partial charge on any atom is 0.307 e. The van der Waals surface area contributed by atoms with Crippen LogP contribution in [0.1, 0.15) is 55.8 Å². The zero-order valence-electron chi connectivity index (χ0n) is 21.6. The predicted molar refractivity (Wildman–Crippen MR) is 134 cm³/mol. The number of nitrogens with one attached hydrogen (secondary N) is 2. The highest BCUT2D eigenvalue weighted by atomic mass is 16.7. The molecule has 2 N–H and O–H groups in total.